The minimum atomic E-state index is -3.88. The van der Waals surface area contributed by atoms with Crippen LogP contribution in [0, 0.1) is 17.6 Å². The average Bonchev–Trinajstić information content (AvgIpc) is 3.45. The zero-order chi connectivity index (χ0) is 25.6. The van der Waals surface area contributed by atoms with Crippen LogP contribution in [0.3, 0.4) is 0 Å². The van der Waals surface area contributed by atoms with Gasteiger partial charge in [-0.2, -0.15) is 19.3 Å². The third-order valence-electron chi connectivity index (χ3n) is 6.35. The van der Waals surface area contributed by atoms with E-state index in [1.54, 1.807) is 36.1 Å². The first-order valence-electron chi connectivity index (χ1n) is 11.7. The van der Waals surface area contributed by atoms with Crippen LogP contribution in [-0.4, -0.2) is 68.6 Å². The summed E-state index contributed by atoms with van der Waals surface area (Å²) in [5.74, 6) is -0.514. The standard InChI is InChI=1S/C24H27F2N7O2S/c1-16(2)14-31-8-9-32(36(34,35)24-13-27-30(3)29-24)15-23(31)20-10-17-12-28-33(22(17)11-21(20)26)19-6-4-18(25)5-7-19/h4-7,10-13,16,23H,8-9,14-15H2,1-3H3. The fraction of sp³-hybridized carbons (Fsp3) is 0.375. The van der Waals surface area contributed by atoms with Gasteiger partial charge in [-0.15, -0.1) is 5.10 Å². The number of nitrogens with zero attached hydrogens (tertiary/aromatic N) is 7. The highest BCUT2D eigenvalue weighted by atomic mass is 32.2. The van der Waals surface area contributed by atoms with Crippen LogP contribution in [-0.2, 0) is 17.1 Å². The van der Waals surface area contributed by atoms with Gasteiger partial charge in [0.2, 0.25) is 5.03 Å². The number of fused-ring (bicyclic) bond motifs is 1. The second-order valence-electron chi connectivity index (χ2n) is 9.41. The highest BCUT2D eigenvalue weighted by Gasteiger charge is 2.37. The van der Waals surface area contributed by atoms with Crippen molar-refractivity contribution in [3.05, 3.63) is 66.0 Å². The minimum absolute atomic E-state index is 0.0835. The zero-order valence-electron chi connectivity index (χ0n) is 20.2. The Morgan fingerprint density at radius 3 is 2.47 bits per heavy atom. The Kier molecular flexibility index (Phi) is 6.35. The van der Waals surface area contributed by atoms with E-state index in [1.165, 1.54) is 33.5 Å². The molecule has 1 unspecified atom stereocenters. The number of benzene rings is 2. The van der Waals surface area contributed by atoms with Crippen LogP contribution in [0.15, 0.2) is 53.8 Å². The van der Waals surface area contributed by atoms with Gasteiger partial charge in [0.25, 0.3) is 10.0 Å². The molecule has 12 heteroatoms. The number of halogens is 2. The van der Waals surface area contributed by atoms with Crippen molar-refractivity contribution in [3.8, 4) is 5.69 Å². The lowest BCUT2D eigenvalue weighted by atomic mass is 9.99. The molecular weight excluding hydrogens is 488 g/mol. The summed E-state index contributed by atoms with van der Waals surface area (Å²) in [4.78, 5) is 3.33. The topological polar surface area (TPSA) is 89.2 Å². The molecule has 36 heavy (non-hydrogen) atoms. The number of rotatable bonds is 6. The Morgan fingerprint density at radius 2 is 1.81 bits per heavy atom. The van der Waals surface area contributed by atoms with Crippen LogP contribution >= 0.6 is 0 Å². The number of aromatic nitrogens is 5. The Labute approximate surface area is 208 Å². The van der Waals surface area contributed by atoms with Crippen LogP contribution < -0.4 is 0 Å². The van der Waals surface area contributed by atoms with E-state index in [-0.39, 0.29) is 23.9 Å². The molecule has 2 aromatic carbocycles. The van der Waals surface area contributed by atoms with Gasteiger partial charge in [0.1, 0.15) is 11.6 Å². The number of piperazine rings is 1. The molecule has 4 aromatic rings. The molecule has 0 amide bonds. The van der Waals surface area contributed by atoms with E-state index in [2.05, 4.69) is 34.0 Å². The second-order valence-corrected chi connectivity index (χ2v) is 11.3. The normalized spacial score (nSPS) is 17.9. The van der Waals surface area contributed by atoms with Gasteiger partial charge in [0.15, 0.2) is 0 Å². The van der Waals surface area contributed by atoms with E-state index < -0.39 is 21.9 Å². The fourth-order valence-corrected chi connectivity index (χ4v) is 6.01. The molecule has 0 saturated carbocycles. The number of hydrogen-bond acceptors (Lipinski definition) is 6. The third-order valence-corrected chi connectivity index (χ3v) is 8.08. The maximum Gasteiger partial charge on any atom is 0.264 e. The molecule has 0 spiro atoms. The van der Waals surface area contributed by atoms with E-state index in [0.29, 0.717) is 41.2 Å². The lowest BCUT2D eigenvalue weighted by molar-refractivity contribution is 0.103. The second kappa shape index (κ2) is 9.34. The third kappa shape index (κ3) is 4.51. The van der Waals surface area contributed by atoms with Gasteiger partial charge in [0.05, 0.1) is 29.6 Å². The molecule has 0 N–H and O–H groups in total. The van der Waals surface area contributed by atoms with E-state index >= 15 is 4.39 Å². The molecule has 0 aliphatic carbocycles. The number of aryl methyl sites for hydroxylation is 1. The lowest BCUT2D eigenvalue weighted by Crippen LogP contribution is -2.51. The predicted molar refractivity (Wildman–Crippen MR) is 130 cm³/mol. The van der Waals surface area contributed by atoms with Crippen LogP contribution in [0.2, 0.25) is 0 Å². The van der Waals surface area contributed by atoms with Gasteiger partial charge in [-0.1, -0.05) is 13.8 Å². The van der Waals surface area contributed by atoms with Crippen molar-refractivity contribution in [2.75, 3.05) is 26.2 Å². The molecule has 190 valence electrons. The summed E-state index contributed by atoms with van der Waals surface area (Å²) in [6.45, 7) is 5.65. The molecule has 2 aromatic heterocycles. The van der Waals surface area contributed by atoms with Crippen LogP contribution in [0.1, 0.15) is 25.5 Å². The number of sulfonamides is 1. The van der Waals surface area contributed by atoms with Crippen LogP contribution in [0.25, 0.3) is 16.6 Å². The zero-order valence-corrected chi connectivity index (χ0v) is 21.0. The molecule has 9 nitrogen and oxygen atoms in total. The van der Waals surface area contributed by atoms with E-state index in [0.717, 1.165) is 0 Å². The van der Waals surface area contributed by atoms with Gasteiger partial charge < -0.3 is 0 Å². The van der Waals surface area contributed by atoms with Crippen LogP contribution in [0.5, 0.6) is 0 Å². The van der Waals surface area contributed by atoms with Crippen molar-refractivity contribution < 1.29 is 17.2 Å². The first-order chi connectivity index (χ1) is 17.1. The summed E-state index contributed by atoms with van der Waals surface area (Å²) in [5.41, 5.74) is 1.55. The molecule has 0 bridgehead atoms. The summed E-state index contributed by atoms with van der Waals surface area (Å²) in [7, 11) is -2.33. The lowest BCUT2D eigenvalue weighted by Gasteiger charge is -2.41. The van der Waals surface area contributed by atoms with Crippen molar-refractivity contribution in [2.45, 2.75) is 24.9 Å². The van der Waals surface area contributed by atoms with Gasteiger partial charge in [-0.25, -0.2) is 21.9 Å². The average molecular weight is 516 g/mol. The summed E-state index contributed by atoms with van der Waals surface area (Å²) in [6.07, 6.45) is 2.85. The summed E-state index contributed by atoms with van der Waals surface area (Å²) < 4.78 is 58.4. The molecule has 3 heterocycles. The highest BCUT2D eigenvalue weighted by Crippen LogP contribution is 2.33. The van der Waals surface area contributed by atoms with Crippen LogP contribution in [0.4, 0.5) is 8.78 Å². The summed E-state index contributed by atoms with van der Waals surface area (Å²) >= 11 is 0. The Morgan fingerprint density at radius 1 is 1.06 bits per heavy atom. The monoisotopic (exact) mass is 515 g/mol. The highest BCUT2D eigenvalue weighted by molar-refractivity contribution is 7.89. The molecule has 1 aliphatic heterocycles. The molecule has 1 saturated heterocycles. The maximum atomic E-state index is 15.7. The van der Waals surface area contributed by atoms with Gasteiger partial charge in [-0.3, -0.25) is 4.90 Å². The summed E-state index contributed by atoms with van der Waals surface area (Å²) in [6, 6.07) is 8.45. The largest absolute Gasteiger partial charge is 0.293 e. The Bertz CT molecular complexity index is 1500. The quantitative estimate of drug-likeness (QED) is 0.392. The van der Waals surface area contributed by atoms with E-state index in [1.807, 2.05) is 0 Å². The minimum Gasteiger partial charge on any atom is -0.293 e. The van der Waals surface area contributed by atoms with Crippen molar-refractivity contribution in [3.63, 3.8) is 0 Å². The SMILES string of the molecule is CC(C)CN1CCN(S(=O)(=O)c2cnn(C)n2)CC1c1cc2cnn(-c3ccc(F)cc3)c2cc1F. The predicted octanol–water partition coefficient (Wildman–Crippen LogP) is 3.14. The van der Waals surface area contributed by atoms with E-state index in [4.69, 9.17) is 0 Å². The Hall–Kier alpha value is -3.22. The Balaban J connectivity index is 1.53. The first-order valence-corrected chi connectivity index (χ1v) is 13.1. The smallest absolute Gasteiger partial charge is 0.264 e. The maximum absolute atomic E-state index is 15.7. The molecule has 1 atom stereocenters. The molecule has 0 radical (unpaired) electrons. The fourth-order valence-electron chi connectivity index (χ4n) is 4.68. The van der Waals surface area contributed by atoms with Crippen molar-refractivity contribution in [2.24, 2.45) is 13.0 Å². The van der Waals surface area contributed by atoms with Gasteiger partial charge in [0, 0.05) is 50.2 Å². The first kappa shape index (κ1) is 24.5. The molecule has 1 fully saturated rings. The summed E-state index contributed by atoms with van der Waals surface area (Å²) in [5, 5.41) is 12.8. The van der Waals surface area contributed by atoms with Gasteiger partial charge in [-0.05, 0) is 36.2 Å². The molecule has 1 aliphatic rings. The molecule has 5 rings (SSSR count). The van der Waals surface area contributed by atoms with Gasteiger partial charge >= 0.3 is 0 Å². The molecular formula is C24H27F2N7O2S. The van der Waals surface area contributed by atoms with E-state index in [9.17, 15) is 12.8 Å². The number of hydrogen-bond donors (Lipinski definition) is 0. The van der Waals surface area contributed by atoms with Crippen molar-refractivity contribution in [1.29, 1.82) is 0 Å². The van der Waals surface area contributed by atoms with Crippen molar-refractivity contribution in [1.82, 2.24) is 34.0 Å². The van der Waals surface area contributed by atoms with Crippen molar-refractivity contribution >= 4 is 20.9 Å².